The molecule has 0 spiro atoms. The first-order valence-corrected chi connectivity index (χ1v) is 13.5. The highest BCUT2D eigenvalue weighted by Gasteiger charge is 2.45. The van der Waals surface area contributed by atoms with Gasteiger partial charge in [-0.15, -0.1) is 0 Å². The molecule has 0 fully saturated rings. The van der Waals surface area contributed by atoms with Crippen LogP contribution in [-0.2, 0) is 12.4 Å². The molecule has 0 aliphatic rings. The summed E-state index contributed by atoms with van der Waals surface area (Å²) in [5.41, 5.74) is -4.60. The Morgan fingerprint density at radius 1 is 0.914 bits per heavy atom. The Kier molecular flexibility index (Phi) is 7.61. The first-order chi connectivity index (χ1) is 15.6. The lowest BCUT2D eigenvalue weighted by Gasteiger charge is -2.37. The molecule has 5 nitrogen and oxygen atoms in total. The fourth-order valence-electron chi connectivity index (χ4n) is 2.93. The number of hydrogen-bond donors (Lipinski definition) is 0. The van der Waals surface area contributed by atoms with Crippen molar-refractivity contribution in [3.63, 3.8) is 0 Å². The Morgan fingerprint density at radius 2 is 1.40 bits per heavy atom. The molecule has 194 valence electrons. The van der Waals surface area contributed by atoms with Gasteiger partial charge in [-0.2, -0.15) is 26.3 Å². The molecule has 12 heteroatoms. The molecule has 0 unspecified atom stereocenters. The van der Waals surface area contributed by atoms with Crippen LogP contribution < -0.4 is 9.16 Å². The quantitative estimate of drug-likeness (QED) is 0.164. The number of ether oxygens (including phenoxy) is 1. The maximum absolute atomic E-state index is 13.6. The van der Waals surface area contributed by atoms with Gasteiger partial charge in [-0.05, 0) is 47.8 Å². The smallest absolute Gasteiger partial charge is 0.420 e. The van der Waals surface area contributed by atoms with Crippen LogP contribution in [0, 0.1) is 10.1 Å². The Labute approximate surface area is 200 Å². The molecule has 2 aromatic rings. The first kappa shape index (κ1) is 28.5. The van der Waals surface area contributed by atoms with Gasteiger partial charge in [0.15, 0.2) is 5.75 Å². The van der Waals surface area contributed by atoms with Gasteiger partial charge in [0.2, 0.25) is 8.32 Å². The fourth-order valence-corrected chi connectivity index (χ4v) is 3.97. The molecule has 2 rings (SSSR count). The topological polar surface area (TPSA) is 61.6 Å². The van der Waals surface area contributed by atoms with Crippen LogP contribution in [0.3, 0.4) is 0 Å². The molecule has 2 aromatic carbocycles. The number of nitro benzene ring substituents is 1. The molecule has 35 heavy (non-hydrogen) atoms. The number of non-ortho nitro benzene ring substituents is 1. The number of nitro groups is 1. The number of rotatable bonds is 6. The largest absolute Gasteiger partial charge is 0.543 e. The molecule has 0 aromatic heterocycles. The minimum atomic E-state index is -5.34. The molecule has 0 bridgehead atoms. The highest BCUT2D eigenvalue weighted by Crippen LogP contribution is 2.48. The van der Waals surface area contributed by atoms with Crippen LogP contribution in [0.2, 0.25) is 18.1 Å². The van der Waals surface area contributed by atoms with E-state index in [1.165, 1.54) is 18.2 Å². The molecule has 0 saturated carbocycles. The van der Waals surface area contributed by atoms with E-state index in [1.54, 1.807) is 13.8 Å². The maximum atomic E-state index is 13.6. The third-order valence-corrected chi connectivity index (χ3v) is 10.2. The van der Waals surface area contributed by atoms with E-state index in [0.717, 1.165) is 0 Å². The normalized spacial score (nSPS) is 13.2. The van der Waals surface area contributed by atoms with Gasteiger partial charge in [0.25, 0.3) is 5.69 Å². The standard InChI is InChI=1S/C23H27F6NO4Si/c1-13(2)16-12-15(8-9-19(16)34-35(6,7)21(3,4)5)33-20-17(22(24,25)26)10-14(30(31)32)11-18(20)23(27,28)29/h8-13H,1-7H3. The molecule has 0 saturated heterocycles. The third kappa shape index (κ3) is 6.47. The Morgan fingerprint density at radius 3 is 1.77 bits per heavy atom. The Hall–Kier alpha value is -2.76. The summed E-state index contributed by atoms with van der Waals surface area (Å²) in [4.78, 5) is 9.67. The Bertz CT molecular complexity index is 1070. The van der Waals surface area contributed by atoms with E-state index >= 15 is 0 Å². The van der Waals surface area contributed by atoms with Crippen molar-refractivity contribution in [3.05, 3.63) is 57.1 Å². The second kappa shape index (κ2) is 9.36. The van der Waals surface area contributed by atoms with Crippen LogP contribution in [0.15, 0.2) is 30.3 Å². The number of halogens is 6. The van der Waals surface area contributed by atoms with Crippen molar-refractivity contribution < 1.29 is 40.4 Å². The molecular formula is C23H27F6NO4Si. The fraction of sp³-hybridized carbons (Fsp3) is 0.478. The van der Waals surface area contributed by atoms with Crippen molar-refractivity contribution >= 4 is 14.0 Å². The summed E-state index contributed by atoms with van der Waals surface area (Å²) in [5.74, 6) is -1.57. The van der Waals surface area contributed by atoms with Gasteiger partial charge in [0, 0.05) is 12.1 Å². The average Bonchev–Trinajstić information content (AvgIpc) is 2.66. The molecular weight excluding hydrogens is 496 g/mol. The SMILES string of the molecule is CC(C)c1cc(Oc2c(C(F)(F)F)cc([N+](=O)[O-])cc2C(F)(F)F)ccc1O[Si](C)(C)C(C)(C)C. The van der Waals surface area contributed by atoms with E-state index < -0.39 is 48.2 Å². The summed E-state index contributed by atoms with van der Waals surface area (Å²) in [5, 5.41) is 10.8. The highest BCUT2D eigenvalue weighted by atomic mass is 28.4. The van der Waals surface area contributed by atoms with Crippen LogP contribution in [-0.4, -0.2) is 13.2 Å². The highest BCUT2D eigenvalue weighted by molar-refractivity contribution is 6.74. The molecule has 0 amide bonds. The van der Waals surface area contributed by atoms with Gasteiger partial charge < -0.3 is 9.16 Å². The summed E-state index contributed by atoms with van der Waals surface area (Å²) in [6, 6.07) is 4.06. The lowest BCUT2D eigenvalue weighted by Crippen LogP contribution is -2.44. The van der Waals surface area contributed by atoms with Crippen molar-refractivity contribution in [2.24, 2.45) is 0 Å². The molecule has 0 radical (unpaired) electrons. The zero-order valence-corrected chi connectivity index (χ0v) is 21.3. The summed E-state index contributed by atoms with van der Waals surface area (Å²) in [7, 11) is -2.30. The van der Waals surface area contributed by atoms with Gasteiger partial charge >= 0.3 is 12.4 Å². The summed E-state index contributed by atoms with van der Waals surface area (Å²) in [6.45, 7) is 13.7. The lowest BCUT2D eigenvalue weighted by molar-refractivity contribution is -0.385. The predicted molar refractivity (Wildman–Crippen MR) is 122 cm³/mol. The summed E-state index contributed by atoms with van der Waals surface area (Å²) >= 11 is 0. The lowest BCUT2D eigenvalue weighted by atomic mass is 10.0. The zero-order valence-electron chi connectivity index (χ0n) is 20.3. The van der Waals surface area contributed by atoms with E-state index in [1.807, 2.05) is 33.9 Å². The van der Waals surface area contributed by atoms with Crippen molar-refractivity contribution in [2.45, 2.75) is 71.0 Å². The monoisotopic (exact) mass is 523 g/mol. The van der Waals surface area contributed by atoms with Crippen LogP contribution >= 0.6 is 0 Å². The van der Waals surface area contributed by atoms with Crippen molar-refractivity contribution in [3.8, 4) is 17.2 Å². The molecule has 0 heterocycles. The van der Waals surface area contributed by atoms with Crippen molar-refractivity contribution in [1.29, 1.82) is 0 Å². The van der Waals surface area contributed by atoms with Gasteiger partial charge in [0.05, 0.1) is 4.92 Å². The van der Waals surface area contributed by atoms with Crippen LogP contribution in [0.5, 0.6) is 17.2 Å². The Balaban J connectivity index is 2.68. The van der Waals surface area contributed by atoms with Crippen LogP contribution in [0.4, 0.5) is 32.0 Å². The van der Waals surface area contributed by atoms with E-state index in [2.05, 4.69) is 0 Å². The van der Waals surface area contributed by atoms with E-state index in [-0.39, 0.29) is 28.8 Å². The summed E-state index contributed by atoms with van der Waals surface area (Å²) < 4.78 is 93.4. The second-order valence-corrected chi connectivity index (χ2v) is 14.7. The first-order valence-electron chi connectivity index (χ1n) is 10.6. The van der Waals surface area contributed by atoms with Crippen LogP contribution in [0.1, 0.15) is 57.2 Å². The number of alkyl halides is 6. The minimum absolute atomic E-state index is 0.0306. The number of nitrogens with zero attached hydrogens (tertiary/aromatic N) is 1. The van der Waals surface area contributed by atoms with Crippen molar-refractivity contribution in [2.75, 3.05) is 0 Å². The van der Waals surface area contributed by atoms with Gasteiger partial charge in [-0.1, -0.05) is 34.6 Å². The maximum Gasteiger partial charge on any atom is 0.420 e. The second-order valence-electron chi connectivity index (χ2n) is 9.94. The summed E-state index contributed by atoms with van der Waals surface area (Å²) in [6.07, 6.45) is -10.7. The average molecular weight is 524 g/mol. The molecule has 0 atom stereocenters. The van der Waals surface area contributed by atoms with Crippen molar-refractivity contribution in [1.82, 2.24) is 0 Å². The molecule has 0 aliphatic carbocycles. The number of benzene rings is 2. The van der Waals surface area contributed by atoms with Gasteiger partial charge in [0.1, 0.15) is 22.6 Å². The zero-order chi connectivity index (χ0) is 27.1. The number of hydrogen-bond acceptors (Lipinski definition) is 4. The van der Waals surface area contributed by atoms with E-state index in [9.17, 15) is 36.5 Å². The van der Waals surface area contributed by atoms with Gasteiger partial charge in [-0.3, -0.25) is 10.1 Å². The van der Waals surface area contributed by atoms with Crippen LogP contribution in [0.25, 0.3) is 0 Å². The van der Waals surface area contributed by atoms with Gasteiger partial charge in [-0.25, -0.2) is 0 Å². The van der Waals surface area contributed by atoms with E-state index in [0.29, 0.717) is 11.3 Å². The molecule has 0 aliphatic heterocycles. The predicted octanol–water partition coefficient (Wildman–Crippen LogP) is 8.93. The third-order valence-electron chi connectivity index (χ3n) is 5.89. The van der Waals surface area contributed by atoms with E-state index in [4.69, 9.17) is 9.16 Å². The minimum Gasteiger partial charge on any atom is -0.543 e. The molecule has 0 N–H and O–H groups in total.